The monoisotopic (exact) mass is 355 g/mol. The third kappa shape index (κ3) is 3.51. The summed E-state index contributed by atoms with van der Waals surface area (Å²) in [5.41, 5.74) is 6.43. The fourth-order valence-corrected chi connectivity index (χ4v) is 3.01. The first kappa shape index (κ1) is 17.0. The second kappa shape index (κ2) is 7.40. The van der Waals surface area contributed by atoms with Crippen molar-refractivity contribution in [3.63, 3.8) is 0 Å². The molecule has 3 aromatic rings. The van der Waals surface area contributed by atoms with Crippen molar-refractivity contribution in [1.82, 2.24) is 9.99 Å². The summed E-state index contributed by atoms with van der Waals surface area (Å²) in [7, 11) is 1.30. The van der Waals surface area contributed by atoms with Crippen molar-refractivity contribution in [2.75, 3.05) is 7.11 Å². The zero-order valence-electron chi connectivity index (χ0n) is 14.0. The SMILES string of the molecule is COC(=O)N/N=C/c1c(C)n(Cc2ccccc2Cl)c2ccccc12. The number of nitrogens with one attached hydrogen (secondary N) is 1. The number of aromatic nitrogens is 1. The number of carbonyl (C=O) groups is 1. The van der Waals surface area contributed by atoms with Crippen LogP contribution in [0.15, 0.2) is 53.6 Å². The van der Waals surface area contributed by atoms with Crippen LogP contribution in [-0.2, 0) is 11.3 Å². The number of rotatable bonds is 4. The van der Waals surface area contributed by atoms with E-state index in [1.165, 1.54) is 7.11 Å². The zero-order chi connectivity index (χ0) is 17.8. The van der Waals surface area contributed by atoms with Gasteiger partial charge in [-0.15, -0.1) is 0 Å². The Morgan fingerprint density at radius 2 is 1.96 bits per heavy atom. The Hall–Kier alpha value is -2.79. The Kier molecular flexibility index (Phi) is 5.05. The molecule has 0 spiro atoms. The smallest absolute Gasteiger partial charge is 0.427 e. The fraction of sp³-hybridized carbons (Fsp3) is 0.158. The summed E-state index contributed by atoms with van der Waals surface area (Å²) in [4.78, 5) is 11.2. The molecule has 1 N–H and O–H groups in total. The van der Waals surface area contributed by atoms with E-state index in [9.17, 15) is 4.79 Å². The molecular formula is C19H18ClN3O2. The Labute approximate surface area is 150 Å². The van der Waals surface area contributed by atoms with Crippen molar-refractivity contribution in [3.8, 4) is 0 Å². The molecule has 3 rings (SSSR count). The van der Waals surface area contributed by atoms with Gasteiger partial charge in [0.05, 0.1) is 13.3 Å². The van der Waals surface area contributed by atoms with Crippen LogP contribution < -0.4 is 5.43 Å². The van der Waals surface area contributed by atoms with Gasteiger partial charge in [0, 0.05) is 33.7 Å². The van der Waals surface area contributed by atoms with Crippen molar-refractivity contribution in [2.45, 2.75) is 13.5 Å². The number of nitrogens with zero attached hydrogens (tertiary/aromatic N) is 2. The lowest BCUT2D eigenvalue weighted by atomic mass is 10.1. The number of methoxy groups -OCH3 is 1. The largest absolute Gasteiger partial charge is 0.452 e. The molecule has 0 fully saturated rings. The number of hydrogen-bond acceptors (Lipinski definition) is 3. The molecule has 1 heterocycles. The molecule has 0 bridgehead atoms. The number of benzene rings is 2. The Morgan fingerprint density at radius 1 is 1.24 bits per heavy atom. The van der Waals surface area contributed by atoms with Crippen LogP contribution in [0.1, 0.15) is 16.8 Å². The minimum absolute atomic E-state index is 0.603. The molecule has 0 saturated heterocycles. The zero-order valence-corrected chi connectivity index (χ0v) is 14.7. The number of hydrogen-bond donors (Lipinski definition) is 1. The normalized spacial score (nSPS) is 11.2. The van der Waals surface area contributed by atoms with Crippen LogP contribution in [0.3, 0.4) is 0 Å². The average molecular weight is 356 g/mol. The number of halogens is 1. The van der Waals surface area contributed by atoms with Gasteiger partial charge in [0.25, 0.3) is 0 Å². The average Bonchev–Trinajstić information content (AvgIpc) is 2.89. The van der Waals surface area contributed by atoms with E-state index >= 15 is 0 Å². The lowest BCUT2D eigenvalue weighted by molar-refractivity contribution is 0.171. The number of carbonyl (C=O) groups excluding carboxylic acids is 1. The first-order chi connectivity index (χ1) is 12.1. The summed E-state index contributed by atoms with van der Waals surface area (Å²) in [5, 5.41) is 5.77. The molecule has 0 aliphatic carbocycles. The maximum atomic E-state index is 11.2. The van der Waals surface area contributed by atoms with Crippen LogP contribution in [0.2, 0.25) is 5.02 Å². The molecule has 25 heavy (non-hydrogen) atoms. The highest BCUT2D eigenvalue weighted by atomic mass is 35.5. The Morgan fingerprint density at radius 3 is 2.72 bits per heavy atom. The highest BCUT2D eigenvalue weighted by molar-refractivity contribution is 6.31. The summed E-state index contributed by atoms with van der Waals surface area (Å²) in [5.74, 6) is 0. The first-order valence-electron chi connectivity index (χ1n) is 7.80. The number of para-hydroxylation sites is 1. The van der Waals surface area contributed by atoms with E-state index in [-0.39, 0.29) is 0 Å². The Balaban J connectivity index is 2.03. The molecule has 1 amide bonds. The highest BCUT2D eigenvalue weighted by Crippen LogP contribution is 2.27. The minimum atomic E-state index is -0.603. The molecule has 0 unspecified atom stereocenters. The maximum Gasteiger partial charge on any atom is 0.427 e. The van der Waals surface area contributed by atoms with Gasteiger partial charge in [0.15, 0.2) is 0 Å². The summed E-state index contributed by atoms with van der Waals surface area (Å²) in [6, 6.07) is 15.9. The van der Waals surface area contributed by atoms with Gasteiger partial charge >= 0.3 is 6.09 Å². The van der Waals surface area contributed by atoms with Crippen molar-refractivity contribution in [2.24, 2.45) is 5.10 Å². The van der Waals surface area contributed by atoms with E-state index in [0.29, 0.717) is 6.54 Å². The fourth-order valence-electron chi connectivity index (χ4n) is 2.82. The van der Waals surface area contributed by atoms with E-state index in [1.54, 1.807) is 6.21 Å². The van der Waals surface area contributed by atoms with Gasteiger partial charge in [-0.05, 0) is 24.6 Å². The third-order valence-corrected chi connectivity index (χ3v) is 4.47. The van der Waals surface area contributed by atoms with Crippen LogP contribution in [0, 0.1) is 6.92 Å². The lowest BCUT2D eigenvalue weighted by Crippen LogP contribution is -2.16. The predicted octanol–water partition coefficient (Wildman–Crippen LogP) is 4.34. The number of amides is 1. The quantitative estimate of drug-likeness (QED) is 0.559. The standard InChI is InChI=1S/C19H18ClN3O2/c1-13-16(11-21-22-19(24)25-2)15-8-4-6-10-18(15)23(13)12-14-7-3-5-9-17(14)20/h3-11H,12H2,1-2H3,(H,22,24)/b21-11+. The van der Waals surface area contributed by atoms with E-state index in [2.05, 4.69) is 25.9 Å². The van der Waals surface area contributed by atoms with Crippen LogP contribution in [0.4, 0.5) is 4.79 Å². The second-order valence-corrected chi connectivity index (χ2v) is 5.96. The third-order valence-electron chi connectivity index (χ3n) is 4.10. The van der Waals surface area contributed by atoms with Crippen molar-refractivity contribution >= 4 is 34.8 Å². The molecule has 0 atom stereocenters. The predicted molar refractivity (Wildman–Crippen MR) is 100 cm³/mol. The number of hydrazone groups is 1. The molecule has 0 radical (unpaired) electrons. The van der Waals surface area contributed by atoms with Gasteiger partial charge in [-0.2, -0.15) is 5.10 Å². The van der Waals surface area contributed by atoms with E-state index < -0.39 is 6.09 Å². The van der Waals surface area contributed by atoms with Crippen molar-refractivity contribution in [3.05, 3.63) is 70.4 Å². The van der Waals surface area contributed by atoms with Gasteiger partial charge in [0.2, 0.25) is 0 Å². The van der Waals surface area contributed by atoms with Crippen LogP contribution in [0.25, 0.3) is 10.9 Å². The highest BCUT2D eigenvalue weighted by Gasteiger charge is 2.13. The summed E-state index contributed by atoms with van der Waals surface area (Å²) in [6.45, 7) is 2.68. The summed E-state index contributed by atoms with van der Waals surface area (Å²) < 4.78 is 6.71. The Bertz CT molecular complexity index is 947. The second-order valence-electron chi connectivity index (χ2n) is 5.56. The van der Waals surface area contributed by atoms with E-state index in [1.807, 2.05) is 49.4 Å². The molecule has 5 nitrogen and oxygen atoms in total. The van der Waals surface area contributed by atoms with Gasteiger partial charge in [0.1, 0.15) is 0 Å². The molecule has 128 valence electrons. The van der Waals surface area contributed by atoms with E-state index in [0.717, 1.165) is 32.7 Å². The topological polar surface area (TPSA) is 55.6 Å². The maximum absolute atomic E-state index is 11.2. The molecule has 2 aromatic carbocycles. The van der Waals surface area contributed by atoms with Gasteiger partial charge in [-0.3, -0.25) is 0 Å². The van der Waals surface area contributed by atoms with Gasteiger partial charge in [-0.25, -0.2) is 10.2 Å². The molecule has 6 heteroatoms. The van der Waals surface area contributed by atoms with Crippen molar-refractivity contribution < 1.29 is 9.53 Å². The summed E-state index contributed by atoms with van der Waals surface area (Å²) in [6.07, 6.45) is 1.03. The van der Waals surface area contributed by atoms with Crippen LogP contribution in [0.5, 0.6) is 0 Å². The van der Waals surface area contributed by atoms with Crippen molar-refractivity contribution in [1.29, 1.82) is 0 Å². The number of ether oxygens (including phenoxy) is 1. The van der Waals surface area contributed by atoms with Gasteiger partial charge in [-0.1, -0.05) is 48.0 Å². The van der Waals surface area contributed by atoms with Crippen LogP contribution >= 0.6 is 11.6 Å². The van der Waals surface area contributed by atoms with Crippen LogP contribution in [-0.4, -0.2) is 24.0 Å². The molecule has 0 aliphatic rings. The lowest BCUT2D eigenvalue weighted by Gasteiger charge is -2.10. The molecule has 1 aromatic heterocycles. The molecular weight excluding hydrogens is 338 g/mol. The molecule has 0 saturated carbocycles. The van der Waals surface area contributed by atoms with Gasteiger partial charge < -0.3 is 9.30 Å². The minimum Gasteiger partial charge on any atom is -0.452 e. The number of fused-ring (bicyclic) bond motifs is 1. The summed E-state index contributed by atoms with van der Waals surface area (Å²) >= 11 is 6.32. The first-order valence-corrected chi connectivity index (χ1v) is 8.18. The molecule has 0 aliphatic heterocycles. The van der Waals surface area contributed by atoms with E-state index in [4.69, 9.17) is 11.6 Å².